The molecule has 0 radical (unpaired) electrons. The third-order valence-corrected chi connectivity index (χ3v) is 5.15. The second kappa shape index (κ2) is 6.45. The lowest BCUT2D eigenvalue weighted by atomic mass is 10.1. The predicted octanol–water partition coefficient (Wildman–Crippen LogP) is 1.99. The van der Waals surface area contributed by atoms with Crippen molar-refractivity contribution in [1.29, 1.82) is 0 Å². The van der Waals surface area contributed by atoms with Gasteiger partial charge in [-0.1, -0.05) is 44.6 Å². The second-order valence-electron chi connectivity index (χ2n) is 4.69. The Morgan fingerprint density at radius 1 is 1.47 bits per heavy atom. The van der Waals surface area contributed by atoms with Gasteiger partial charge >= 0.3 is 0 Å². The van der Waals surface area contributed by atoms with Crippen molar-refractivity contribution < 1.29 is 8.42 Å². The number of rotatable bonds is 6. The normalized spacial score (nSPS) is 13.5. The van der Waals surface area contributed by atoms with Gasteiger partial charge in [0.1, 0.15) is 4.99 Å². The molecule has 0 aromatic heterocycles. The third kappa shape index (κ3) is 3.99. The summed E-state index contributed by atoms with van der Waals surface area (Å²) in [4.78, 5) is 0.422. The summed E-state index contributed by atoms with van der Waals surface area (Å²) in [7, 11) is -1.89. The maximum absolute atomic E-state index is 12.4. The van der Waals surface area contributed by atoms with Crippen molar-refractivity contribution in [2.75, 3.05) is 13.6 Å². The van der Waals surface area contributed by atoms with E-state index in [0.717, 1.165) is 6.42 Å². The standard InChI is InChI=1S/C13H20N2O2S2/c1-4-10(2)9-15(3)19(16,17)12-7-5-6-11(8-12)13(14)18/h5-8,10H,4,9H2,1-3H3,(H2,14,18). The molecule has 0 amide bonds. The summed E-state index contributed by atoms with van der Waals surface area (Å²) in [6.45, 7) is 4.56. The monoisotopic (exact) mass is 300 g/mol. The molecule has 0 saturated heterocycles. The van der Waals surface area contributed by atoms with Crippen molar-refractivity contribution in [2.24, 2.45) is 11.7 Å². The number of hydrogen-bond acceptors (Lipinski definition) is 3. The Morgan fingerprint density at radius 2 is 2.11 bits per heavy atom. The van der Waals surface area contributed by atoms with Gasteiger partial charge in [0.15, 0.2) is 0 Å². The Kier molecular flexibility index (Phi) is 5.46. The first kappa shape index (κ1) is 16.1. The van der Waals surface area contributed by atoms with Crippen LogP contribution in [-0.2, 0) is 10.0 Å². The molecule has 0 aliphatic heterocycles. The van der Waals surface area contributed by atoms with E-state index in [0.29, 0.717) is 18.0 Å². The van der Waals surface area contributed by atoms with Gasteiger partial charge in [0.2, 0.25) is 10.0 Å². The zero-order valence-corrected chi connectivity index (χ0v) is 13.1. The van der Waals surface area contributed by atoms with Gasteiger partial charge in [-0.2, -0.15) is 0 Å². The van der Waals surface area contributed by atoms with Gasteiger partial charge in [0, 0.05) is 19.2 Å². The summed E-state index contributed by atoms with van der Waals surface area (Å²) in [6.07, 6.45) is 0.937. The van der Waals surface area contributed by atoms with E-state index in [9.17, 15) is 8.42 Å². The van der Waals surface area contributed by atoms with Crippen LogP contribution in [0, 0.1) is 5.92 Å². The van der Waals surface area contributed by atoms with Crippen LogP contribution in [0.1, 0.15) is 25.8 Å². The molecule has 6 heteroatoms. The lowest BCUT2D eigenvalue weighted by Crippen LogP contribution is -2.31. The molecule has 0 fully saturated rings. The van der Waals surface area contributed by atoms with Crippen LogP contribution in [0.2, 0.25) is 0 Å². The van der Waals surface area contributed by atoms with Crippen LogP contribution in [0.15, 0.2) is 29.2 Å². The first-order chi connectivity index (χ1) is 8.78. The molecule has 1 rings (SSSR count). The van der Waals surface area contributed by atoms with E-state index < -0.39 is 10.0 Å². The van der Waals surface area contributed by atoms with Crippen molar-refractivity contribution in [3.05, 3.63) is 29.8 Å². The summed E-state index contributed by atoms with van der Waals surface area (Å²) in [5, 5.41) is 0. The van der Waals surface area contributed by atoms with E-state index in [1.54, 1.807) is 25.2 Å². The molecule has 2 N–H and O–H groups in total. The zero-order valence-electron chi connectivity index (χ0n) is 11.5. The first-order valence-electron chi connectivity index (χ1n) is 6.15. The Hall–Kier alpha value is -0.980. The minimum Gasteiger partial charge on any atom is -0.389 e. The molecule has 1 aromatic carbocycles. The average Bonchev–Trinajstić information content (AvgIpc) is 2.38. The number of nitrogens with zero attached hydrogens (tertiary/aromatic N) is 1. The van der Waals surface area contributed by atoms with Gasteiger partial charge < -0.3 is 5.73 Å². The average molecular weight is 300 g/mol. The van der Waals surface area contributed by atoms with Gasteiger partial charge in [0.25, 0.3) is 0 Å². The summed E-state index contributed by atoms with van der Waals surface area (Å²) in [5.74, 6) is 0.318. The molecule has 1 atom stereocenters. The zero-order chi connectivity index (χ0) is 14.6. The SMILES string of the molecule is CCC(C)CN(C)S(=O)(=O)c1cccc(C(N)=S)c1. The summed E-state index contributed by atoms with van der Waals surface area (Å²) in [5.41, 5.74) is 6.09. The van der Waals surface area contributed by atoms with E-state index >= 15 is 0 Å². The molecule has 0 bridgehead atoms. The number of thiocarbonyl (C=S) groups is 1. The van der Waals surface area contributed by atoms with Crippen LogP contribution in [0.25, 0.3) is 0 Å². The summed E-state index contributed by atoms with van der Waals surface area (Å²) in [6, 6.07) is 6.43. The minimum absolute atomic E-state index is 0.196. The highest BCUT2D eigenvalue weighted by Crippen LogP contribution is 2.17. The molecule has 1 unspecified atom stereocenters. The van der Waals surface area contributed by atoms with Crippen molar-refractivity contribution in [3.63, 3.8) is 0 Å². The van der Waals surface area contributed by atoms with Crippen LogP contribution in [0.5, 0.6) is 0 Å². The van der Waals surface area contributed by atoms with E-state index in [4.69, 9.17) is 18.0 Å². The Labute approximate surface area is 120 Å². The first-order valence-corrected chi connectivity index (χ1v) is 8.00. The molecular weight excluding hydrogens is 280 g/mol. The quantitative estimate of drug-likeness (QED) is 0.816. The van der Waals surface area contributed by atoms with Gasteiger partial charge in [-0.3, -0.25) is 0 Å². The number of sulfonamides is 1. The van der Waals surface area contributed by atoms with Crippen LogP contribution in [0.4, 0.5) is 0 Å². The van der Waals surface area contributed by atoms with Crippen molar-refractivity contribution >= 4 is 27.2 Å². The van der Waals surface area contributed by atoms with Crippen LogP contribution in [-0.4, -0.2) is 31.3 Å². The molecule has 0 saturated carbocycles. The van der Waals surface area contributed by atoms with Gasteiger partial charge in [0.05, 0.1) is 4.90 Å². The highest BCUT2D eigenvalue weighted by molar-refractivity contribution is 7.89. The van der Waals surface area contributed by atoms with E-state index in [1.165, 1.54) is 10.4 Å². The summed E-state index contributed by atoms with van der Waals surface area (Å²) >= 11 is 4.87. The minimum atomic E-state index is -3.48. The molecule has 0 aliphatic rings. The highest BCUT2D eigenvalue weighted by atomic mass is 32.2. The maximum atomic E-state index is 12.4. The van der Waals surface area contributed by atoms with Gasteiger partial charge in [-0.05, 0) is 18.1 Å². The molecule has 0 spiro atoms. The molecule has 1 aromatic rings. The number of benzene rings is 1. The second-order valence-corrected chi connectivity index (χ2v) is 7.18. The Bertz CT molecular complexity index is 556. The highest BCUT2D eigenvalue weighted by Gasteiger charge is 2.22. The molecule has 0 heterocycles. The molecule has 19 heavy (non-hydrogen) atoms. The fourth-order valence-corrected chi connectivity index (χ4v) is 3.12. The Balaban J connectivity index is 3.06. The molecule has 0 aliphatic carbocycles. The summed E-state index contributed by atoms with van der Waals surface area (Å²) < 4.78 is 26.2. The topological polar surface area (TPSA) is 63.4 Å². The third-order valence-electron chi connectivity index (χ3n) is 3.09. The lowest BCUT2D eigenvalue weighted by molar-refractivity contribution is 0.393. The van der Waals surface area contributed by atoms with Crippen LogP contribution < -0.4 is 5.73 Å². The predicted molar refractivity (Wildman–Crippen MR) is 81.6 cm³/mol. The lowest BCUT2D eigenvalue weighted by Gasteiger charge is -2.20. The maximum Gasteiger partial charge on any atom is 0.242 e. The van der Waals surface area contributed by atoms with Gasteiger partial charge in [-0.25, -0.2) is 12.7 Å². The van der Waals surface area contributed by atoms with E-state index in [1.807, 2.05) is 13.8 Å². The van der Waals surface area contributed by atoms with E-state index in [2.05, 4.69) is 0 Å². The van der Waals surface area contributed by atoms with Crippen molar-refractivity contribution in [3.8, 4) is 0 Å². The van der Waals surface area contributed by atoms with E-state index in [-0.39, 0.29) is 9.88 Å². The fourth-order valence-electron chi connectivity index (χ4n) is 1.66. The largest absolute Gasteiger partial charge is 0.389 e. The van der Waals surface area contributed by atoms with Crippen molar-refractivity contribution in [2.45, 2.75) is 25.2 Å². The fraction of sp³-hybridized carbons (Fsp3) is 0.462. The molecule has 106 valence electrons. The molecular formula is C13H20N2O2S2. The Morgan fingerprint density at radius 3 is 2.63 bits per heavy atom. The number of nitrogens with two attached hydrogens (primary N) is 1. The van der Waals surface area contributed by atoms with Gasteiger partial charge in [-0.15, -0.1) is 0 Å². The smallest absolute Gasteiger partial charge is 0.242 e. The van der Waals surface area contributed by atoms with Crippen molar-refractivity contribution in [1.82, 2.24) is 4.31 Å². The van der Waals surface area contributed by atoms with Crippen LogP contribution in [0.3, 0.4) is 0 Å². The number of hydrogen-bond donors (Lipinski definition) is 1. The molecule has 4 nitrogen and oxygen atoms in total. The van der Waals surface area contributed by atoms with Crippen LogP contribution >= 0.6 is 12.2 Å².